The Morgan fingerprint density at radius 3 is 2.96 bits per heavy atom. The zero-order valence-electron chi connectivity index (χ0n) is 15.0. The number of aryl methyl sites for hydroxylation is 2. The number of anilines is 1. The molecule has 4 rings (SSSR count). The molecule has 0 radical (unpaired) electrons. The van der Waals surface area contributed by atoms with E-state index in [2.05, 4.69) is 27.1 Å². The highest BCUT2D eigenvalue weighted by atomic mass is 32.1. The second-order valence-electron chi connectivity index (χ2n) is 6.62. The third kappa shape index (κ3) is 3.51. The summed E-state index contributed by atoms with van der Waals surface area (Å²) in [5.41, 5.74) is 4.99. The number of rotatable bonds is 4. The smallest absolute Gasteiger partial charge is 0.257 e. The molecule has 26 heavy (non-hydrogen) atoms. The summed E-state index contributed by atoms with van der Waals surface area (Å²) in [5, 5.41) is 6.65. The van der Waals surface area contributed by atoms with Crippen molar-refractivity contribution in [3.05, 3.63) is 46.1 Å². The van der Waals surface area contributed by atoms with Gasteiger partial charge in [0.05, 0.1) is 18.9 Å². The molecular weight excluding hydrogens is 348 g/mol. The molecule has 3 heterocycles. The zero-order valence-corrected chi connectivity index (χ0v) is 15.8. The van der Waals surface area contributed by atoms with Crippen LogP contribution in [0.2, 0.25) is 0 Å². The van der Waals surface area contributed by atoms with Gasteiger partial charge in [0.25, 0.3) is 5.91 Å². The van der Waals surface area contributed by atoms with E-state index in [0.29, 0.717) is 10.7 Å². The molecule has 136 valence electrons. The number of hydrogen-bond acceptors (Lipinski definition) is 5. The monoisotopic (exact) mass is 370 g/mol. The Morgan fingerprint density at radius 2 is 2.15 bits per heavy atom. The fraction of sp³-hybridized carbons (Fsp3) is 0.368. The van der Waals surface area contributed by atoms with Gasteiger partial charge >= 0.3 is 0 Å². The van der Waals surface area contributed by atoms with Crippen molar-refractivity contribution >= 4 is 33.3 Å². The number of hydrogen-bond donors (Lipinski definition) is 2. The molecule has 2 aromatic heterocycles. The molecule has 0 spiro atoms. The van der Waals surface area contributed by atoms with Gasteiger partial charge in [-0.15, -0.1) is 11.3 Å². The zero-order chi connectivity index (χ0) is 18.1. The Kier molecular flexibility index (Phi) is 4.76. The average molecular weight is 370 g/mol. The summed E-state index contributed by atoms with van der Waals surface area (Å²) in [4.78, 5) is 22.8. The minimum absolute atomic E-state index is 0.127. The number of nitrogens with zero attached hydrogens (tertiary/aromatic N) is 2. The van der Waals surface area contributed by atoms with Gasteiger partial charge in [-0.25, -0.2) is 4.98 Å². The summed E-state index contributed by atoms with van der Waals surface area (Å²) >= 11 is 1.46. The summed E-state index contributed by atoms with van der Waals surface area (Å²) in [6.07, 6.45) is 0. The van der Waals surface area contributed by atoms with Gasteiger partial charge < -0.3 is 9.72 Å². The Hall–Kier alpha value is -2.22. The number of nitrogens with one attached hydrogen (secondary N) is 2. The van der Waals surface area contributed by atoms with Crippen LogP contribution in [0.1, 0.15) is 27.3 Å². The first-order valence-corrected chi connectivity index (χ1v) is 9.63. The van der Waals surface area contributed by atoms with E-state index in [0.717, 1.165) is 55.1 Å². The molecule has 0 atom stereocenters. The molecule has 1 saturated heterocycles. The third-order valence-corrected chi connectivity index (χ3v) is 5.64. The minimum atomic E-state index is -0.127. The van der Waals surface area contributed by atoms with Gasteiger partial charge in [-0.3, -0.25) is 15.0 Å². The second-order valence-corrected chi connectivity index (χ2v) is 7.48. The first kappa shape index (κ1) is 17.2. The van der Waals surface area contributed by atoms with E-state index < -0.39 is 0 Å². The van der Waals surface area contributed by atoms with Gasteiger partial charge in [0.15, 0.2) is 5.13 Å². The van der Waals surface area contributed by atoms with Crippen LogP contribution >= 0.6 is 11.3 Å². The molecule has 1 aliphatic rings. The quantitative estimate of drug-likeness (QED) is 0.739. The molecule has 0 unspecified atom stereocenters. The Balaban J connectivity index is 1.45. The van der Waals surface area contributed by atoms with Gasteiger partial charge in [-0.05, 0) is 37.6 Å². The molecule has 7 heteroatoms. The van der Waals surface area contributed by atoms with Crippen LogP contribution in [0.4, 0.5) is 5.13 Å². The first-order valence-electron chi connectivity index (χ1n) is 8.75. The van der Waals surface area contributed by atoms with Crippen molar-refractivity contribution in [2.75, 3.05) is 31.6 Å². The van der Waals surface area contributed by atoms with Crippen LogP contribution in [0.15, 0.2) is 23.6 Å². The summed E-state index contributed by atoms with van der Waals surface area (Å²) < 4.78 is 5.37. The predicted octanol–water partition coefficient (Wildman–Crippen LogP) is 3.33. The van der Waals surface area contributed by atoms with Crippen LogP contribution in [-0.4, -0.2) is 47.1 Å². The maximum absolute atomic E-state index is 12.6. The molecule has 2 N–H and O–H groups in total. The highest BCUT2D eigenvalue weighted by Crippen LogP contribution is 2.23. The molecule has 0 bridgehead atoms. The fourth-order valence-electron chi connectivity index (χ4n) is 3.20. The summed E-state index contributed by atoms with van der Waals surface area (Å²) in [6, 6.07) is 5.73. The number of morpholine rings is 1. The van der Waals surface area contributed by atoms with Crippen molar-refractivity contribution < 1.29 is 9.53 Å². The van der Waals surface area contributed by atoms with Crippen LogP contribution in [0.3, 0.4) is 0 Å². The molecule has 0 aliphatic carbocycles. The van der Waals surface area contributed by atoms with Crippen molar-refractivity contribution in [3.63, 3.8) is 0 Å². The predicted molar refractivity (Wildman–Crippen MR) is 104 cm³/mol. The molecular formula is C19H22N4O2S. The van der Waals surface area contributed by atoms with Crippen molar-refractivity contribution in [2.24, 2.45) is 0 Å². The lowest BCUT2D eigenvalue weighted by atomic mass is 10.1. The van der Waals surface area contributed by atoms with Crippen LogP contribution in [0.5, 0.6) is 0 Å². The molecule has 0 saturated carbocycles. The van der Waals surface area contributed by atoms with Gasteiger partial charge in [-0.2, -0.15) is 0 Å². The number of ether oxygens (including phenoxy) is 1. The lowest BCUT2D eigenvalue weighted by Gasteiger charge is -2.25. The Labute approximate surface area is 156 Å². The maximum Gasteiger partial charge on any atom is 0.257 e. The number of H-pyrrole nitrogens is 1. The van der Waals surface area contributed by atoms with Crippen LogP contribution in [-0.2, 0) is 11.3 Å². The Bertz CT molecular complexity index is 940. The molecule has 1 fully saturated rings. The van der Waals surface area contributed by atoms with Gasteiger partial charge in [0.1, 0.15) is 0 Å². The second kappa shape index (κ2) is 7.19. The summed E-state index contributed by atoms with van der Waals surface area (Å²) in [5.74, 6) is -0.127. The highest BCUT2D eigenvalue weighted by Gasteiger charge is 2.15. The summed E-state index contributed by atoms with van der Waals surface area (Å²) in [7, 11) is 0. The lowest BCUT2D eigenvalue weighted by Crippen LogP contribution is -2.35. The largest absolute Gasteiger partial charge is 0.379 e. The molecule has 1 aliphatic heterocycles. The number of amides is 1. The van der Waals surface area contributed by atoms with Crippen molar-refractivity contribution in [3.8, 4) is 0 Å². The number of aromatic amines is 1. The van der Waals surface area contributed by atoms with E-state index in [1.165, 1.54) is 16.9 Å². The standard InChI is InChI=1S/C19H22N4O2S/c1-12-13(2)20-17-4-3-14(9-16(12)17)18(24)22-19-21-15(11-26-19)10-23-5-7-25-8-6-23/h3-4,9,11,20H,5-8,10H2,1-2H3,(H,21,22,24). The van der Waals surface area contributed by atoms with E-state index in [1.807, 2.05) is 30.5 Å². The van der Waals surface area contributed by atoms with Crippen molar-refractivity contribution in [1.29, 1.82) is 0 Å². The lowest BCUT2D eigenvalue weighted by molar-refractivity contribution is 0.0337. The number of aromatic nitrogens is 2. The van der Waals surface area contributed by atoms with Crippen LogP contribution < -0.4 is 5.32 Å². The maximum atomic E-state index is 12.6. The molecule has 1 aromatic carbocycles. The van der Waals surface area contributed by atoms with E-state index >= 15 is 0 Å². The number of fused-ring (bicyclic) bond motifs is 1. The fourth-order valence-corrected chi connectivity index (χ4v) is 3.89. The minimum Gasteiger partial charge on any atom is -0.379 e. The van der Waals surface area contributed by atoms with E-state index in [4.69, 9.17) is 4.74 Å². The van der Waals surface area contributed by atoms with Gasteiger partial charge in [-0.1, -0.05) is 0 Å². The number of carbonyl (C=O) groups excluding carboxylic acids is 1. The molecule has 6 nitrogen and oxygen atoms in total. The number of benzene rings is 1. The van der Waals surface area contributed by atoms with Crippen molar-refractivity contribution in [2.45, 2.75) is 20.4 Å². The van der Waals surface area contributed by atoms with E-state index in [1.54, 1.807) is 0 Å². The average Bonchev–Trinajstić information content (AvgIpc) is 3.20. The molecule has 3 aromatic rings. The molecule has 1 amide bonds. The normalized spacial score (nSPS) is 15.5. The highest BCUT2D eigenvalue weighted by molar-refractivity contribution is 7.14. The van der Waals surface area contributed by atoms with E-state index in [9.17, 15) is 4.79 Å². The van der Waals surface area contributed by atoms with Gasteiger partial charge in [0.2, 0.25) is 0 Å². The van der Waals surface area contributed by atoms with Crippen molar-refractivity contribution in [1.82, 2.24) is 14.9 Å². The SMILES string of the molecule is Cc1[nH]c2ccc(C(=O)Nc3nc(CN4CCOCC4)cs3)cc2c1C. The number of thiazole rings is 1. The number of carbonyl (C=O) groups is 1. The van der Waals surface area contributed by atoms with Gasteiger partial charge in [0, 0.05) is 47.2 Å². The van der Waals surface area contributed by atoms with Crippen LogP contribution in [0, 0.1) is 13.8 Å². The first-order chi connectivity index (χ1) is 12.6. The summed E-state index contributed by atoms with van der Waals surface area (Å²) in [6.45, 7) is 8.30. The topological polar surface area (TPSA) is 70.2 Å². The third-order valence-electron chi connectivity index (χ3n) is 4.83. The Morgan fingerprint density at radius 1 is 1.35 bits per heavy atom. The van der Waals surface area contributed by atoms with E-state index in [-0.39, 0.29) is 5.91 Å². The van der Waals surface area contributed by atoms with Crippen LogP contribution in [0.25, 0.3) is 10.9 Å².